The largest absolute Gasteiger partial charge is 0.494 e. The van der Waals surface area contributed by atoms with Crippen molar-refractivity contribution in [1.29, 1.82) is 0 Å². The van der Waals surface area contributed by atoms with Crippen LogP contribution < -0.4 is 9.64 Å². The highest BCUT2D eigenvalue weighted by Gasteiger charge is 2.78. The van der Waals surface area contributed by atoms with Gasteiger partial charge in [-0.1, -0.05) is 25.5 Å². The first-order valence-electron chi connectivity index (χ1n) is 14.4. The van der Waals surface area contributed by atoms with E-state index in [-0.39, 0.29) is 37.4 Å². The Hall–Kier alpha value is -3.17. The molecule has 3 saturated heterocycles. The maximum Gasteiger partial charge on any atom is 0.248 e. The molecule has 0 aliphatic carbocycles. The van der Waals surface area contributed by atoms with E-state index in [1.54, 1.807) is 22.0 Å². The summed E-state index contributed by atoms with van der Waals surface area (Å²) in [6.07, 6.45) is 6.10. The number of benzene rings is 1. The summed E-state index contributed by atoms with van der Waals surface area (Å²) in [5, 5.41) is 9.88. The summed E-state index contributed by atoms with van der Waals surface area (Å²) in [7, 11) is 0. The molecule has 218 valence electrons. The van der Waals surface area contributed by atoms with E-state index in [1.165, 1.54) is 4.90 Å². The predicted molar refractivity (Wildman–Crippen MR) is 153 cm³/mol. The van der Waals surface area contributed by atoms with Gasteiger partial charge in [0, 0.05) is 31.9 Å². The number of ether oxygens (including phenoxy) is 2. The highest BCUT2D eigenvalue weighted by atomic mass is 16.5. The Morgan fingerprint density at radius 2 is 1.85 bits per heavy atom. The summed E-state index contributed by atoms with van der Waals surface area (Å²) in [6.45, 7) is 14.9. The minimum atomic E-state index is -1.14. The molecule has 0 saturated carbocycles. The topological polar surface area (TPSA) is 99.6 Å². The van der Waals surface area contributed by atoms with Crippen LogP contribution in [-0.2, 0) is 19.1 Å². The van der Waals surface area contributed by atoms with Crippen molar-refractivity contribution in [1.82, 2.24) is 9.80 Å². The van der Waals surface area contributed by atoms with Crippen molar-refractivity contribution < 1.29 is 29.0 Å². The third kappa shape index (κ3) is 4.94. The van der Waals surface area contributed by atoms with Crippen LogP contribution in [0.15, 0.2) is 49.6 Å². The lowest BCUT2D eigenvalue weighted by molar-refractivity contribution is -0.151. The highest BCUT2D eigenvalue weighted by Crippen LogP contribution is 2.63. The Morgan fingerprint density at radius 3 is 2.45 bits per heavy atom. The Bertz CT molecular complexity index is 1120. The van der Waals surface area contributed by atoms with Crippen molar-refractivity contribution >= 4 is 23.4 Å². The van der Waals surface area contributed by atoms with Crippen molar-refractivity contribution in [3.63, 3.8) is 0 Å². The number of amides is 3. The van der Waals surface area contributed by atoms with Gasteiger partial charge in [-0.25, -0.2) is 0 Å². The molecule has 3 aliphatic heterocycles. The number of nitrogens with zero attached hydrogens (tertiary/aromatic N) is 3. The second-order valence-electron chi connectivity index (χ2n) is 11.1. The lowest BCUT2D eigenvalue weighted by Gasteiger charge is -2.36. The SMILES string of the molecule is C=CCN(CCCC)C(=O)C1N(CCO)C(=O)[C@@H]2[C@@H](C(=O)N(CC=C)c3ccc(OCC)cc3)[C@@]3(C)CCC12O3. The van der Waals surface area contributed by atoms with Crippen LogP contribution in [0, 0.1) is 11.8 Å². The molecule has 9 nitrogen and oxygen atoms in total. The van der Waals surface area contributed by atoms with Gasteiger partial charge in [-0.2, -0.15) is 0 Å². The molecule has 3 fully saturated rings. The smallest absolute Gasteiger partial charge is 0.248 e. The van der Waals surface area contributed by atoms with Gasteiger partial charge >= 0.3 is 0 Å². The highest BCUT2D eigenvalue weighted by molar-refractivity contribution is 6.03. The first kappa shape index (κ1) is 29.8. The lowest BCUT2D eigenvalue weighted by Crippen LogP contribution is -2.56. The van der Waals surface area contributed by atoms with Crippen molar-refractivity contribution in [2.75, 3.05) is 44.3 Å². The zero-order valence-electron chi connectivity index (χ0n) is 24.0. The number of carbonyl (C=O) groups excluding carboxylic acids is 3. The summed E-state index contributed by atoms with van der Waals surface area (Å²) in [6, 6.07) is 6.35. The number of aliphatic hydroxyl groups excluding tert-OH is 1. The Kier molecular flexibility index (Phi) is 9.05. The third-order valence-corrected chi connectivity index (χ3v) is 8.60. The summed E-state index contributed by atoms with van der Waals surface area (Å²) in [4.78, 5) is 47.4. The molecule has 4 rings (SSSR count). The number of rotatable bonds is 14. The standard InChI is InChI=1S/C31H43N3O6/c1-6-10-19-32(17-7-2)29(38)26-31-16-15-30(5,40-31)24(25(31)28(37)34(26)20-21-35)27(36)33(18-8-3)22-11-13-23(14-12-22)39-9-4/h7-8,11-14,24-26,35H,2-3,6,9-10,15-21H2,1,4-5H3/t24-,25-,26?,30+,31?/m0/s1. The number of fused-ring (bicyclic) bond motifs is 1. The molecule has 40 heavy (non-hydrogen) atoms. The summed E-state index contributed by atoms with van der Waals surface area (Å²) in [5.74, 6) is -1.69. The molecule has 5 atom stereocenters. The zero-order chi connectivity index (χ0) is 29.1. The Morgan fingerprint density at radius 1 is 1.15 bits per heavy atom. The summed E-state index contributed by atoms with van der Waals surface area (Å²) >= 11 is 0. The fraction of sp³-hybridized carbons (Fsp3) is 0.581. The maximum atomic E-state index is 14.4. The van der Waals surface area contributed by atoms with Crippen LogP contribution in [0.5, 0.6) is 5.75 Å². The van der Waals surface area contributed by atoms with Crippen molar-refractivity contribution in [2.24, 2.45) is 11.8 Å². The first-order valence-corrected chi connectivity index (χ1v) is 14.4. The maximum absolute atomic E-state index is 14.4. The van der Waals surface area contributed by atoms with Crippen LogP contribution in [-0.4, -0.2) is 89.3 Å². The molecule has 2 bridgehead atoms. The lowest BCUT2D eigenvalue weighted by atomic mass is 9.66. The average Bonchev–Trinajstić information content (AvgIpc) is 3.51. The third-order valence-electron chi connectivity index (χ3n) is 8.60. The number of likely N-dealkylation sites (tertiary alicyclic amines) is 1. The molecular weight excluding hydrogens is 510 g/mol. The molecule has 2 unspecified atom stereocenters. The minimum absolute atomic E-state index is 0.000551. The van der Waals surface area contributed by atoms with Gasteiger partial charge in [0.25, 0.3) is 0 Å². The number of β-amino-alcohol motifs (C(OH)–C–C–N with tert-alkyl or cyclic N) is 1. The van der Waals surface area contributed by atoms with E-state index < -0.39 is 29.1 Å². The molecule has 0 aromatic heterocycles. The molecular formula is C31H43N3O6. The Balaban J connectivity index is 1.73. The number of anilines is 1. The van der Waals surface area contributed by atoms with E-state index in [4.69, 9.17) is 9.47 Å². The molecule has 3 amide bonds. The molecule has 1 N–H and O–H groups in total. The van der Waals surface area contributed by atoms with Gasteiger partial charge in [0.1, 0.15) is 17.4 Å². The molecule has 3 aliphatic rings. The normalized spacial score (nSPS) is 28.4. The van der Waals surface area contributed by atoms with E-state index in [0.29, 0.717) is 44.0 Å². The number of hydrogen-bond acceptors (Lipinski definition) is 6. The fourth-order valence-corrected chi connectivity index (χ4v) is 6.91. The second-order valence-corrected chi connectivity index (χ2v) is 11.1. The Labute approximate surface area is 237 Å². The van der Waals surface area contributed by atoms with Crippen LogP contribution in [0.2, 0.25) is 0 Å². The van der Waals surface area contributed by atoms with Crippen molar-refractivity contribution in [2.45, 2.75) is 63.7 Å². The minimum Gasteiger partial charge on any atom is -0.494 e. The second kappa shape index (κ2) is 12.1. The van der Waals surface area contributed by atoms with Gasteiger partial charge < -0.3 is 29.3 Å². The van der Waals surface area contributed by atoms with Gasteiger partial charge in [0.05, 0.1) is 30.7 Å². The van der Waals surface area contributed by atoms with Crippen LogP contribution in [0.1, 0.15) is 46.5 Å². The first-order chi connectivity index (χ1) is 19.2. The van der Waals surface area contributed by atoms with E-state index in [2.05, 4.69) is 20.1 Å². The predicted octanol–water partition coefficient (Wildman–Crippen LogP) is 3.18. The summed E-state index contributed by atoms with van der Waals surface area (Å²) in [5.41, 5.74) is -1.38. The molecule has 3 heterocycles. The zero-order valence-corrected chi connectivity index (χ0v) is 24.0. The monoisotopic (exact) mass is 553 g/mol. The van der Waals surface area contributed by atoms with Gasteiger partial charge in [-0.3, -0.25) is 14.4 Å². The van der Waals surface area contributed by atoms with Gasteiger partial charge in [-0.15, -0.1) is 13.2 Å². The van der Waals surface area contributed by atoms with Gasteiger partial charge in [-0.05, 0) is 57.4 Å². The van der Waals surface area contributed by atoms with E-state index >= 15 is 0 Å². The average molecular weight is 554 g/mol. The van der Waals surface area contributed by atoms with Crippen LogP contribution in [0.3, 0.4) is 0 Å². The van der Waals surface area contributed by atoms with E-state index in [0.717, 1.165) is 12.8 Å². The fourth-order valence-electron chi connectivity index (χ4n) is 6.91. The van der Waals surface area contributed by atoms with Crippen LogP contribution in [0.4, 0.5) is 5.69 Å². The molecule has 1 aromatic rings. The summed E-state index contributed by atoms with van der Waals surface area (Å²) < 4.78 is 12.3. The van der Waals surface area contributed by atoms with Crippen LogP contribution in [0.25, 0.3) is 0 Å². The molecule has 1 spiro atoms. The van der Waals surface area contributed by atoms with Gasteiger partial charge in [0.15, 0.2) is 0 Å². The number of unbranched alkanes of at least 4 members (excludes halogenated alkanes) is 1. The number of carbonyl (C=O) groups is 3. The number of hydrogen-bond donors (Lipinski definition) is 1. The van der Waals surface area contributed by atoms with Crippen LogP contribution >= 0.6 is 0 Å². The quantitative estimate of drug-likeness (QED) is 0.356. The number of aliphatic hydroxyl groups is 1. The van der Waals surface area contributed by atoms with Gasteiger partial charge in [0.2, 0.25) is 17.7 Å². The molecule has 1 aromatic carbocycles. The van der Waals surface area contributed by atoms with Crippen molar-refractivity contribution in [3.8, 4) is 5.75 Å². The molecule has 0 radical (unpaired) electrons. The van der Waals surface area contributed by atoms with E-state index in [9.17, 15) is 19.5 Å². The molecule has 9 heteroatoms. The van der Waals surface area contributed by atoms with E-state index in [1.807, 2.05) is 38.1 Å². The van der Waals surface area contributed by atoms with Crippen molar-refractivity contribution in [3.05, 3.63) is 49.6 Å².